The normalized spacial score (nSPS) is 10.5. The maximum Gasteiger partial charge on any atom is 0.270 e. The van der Waals surface area contributed by atoms with Gasteiger partial charge in [0.15, 0.2) is 0 Å². The lowest BCUT2D eigenvalue weighted by Gasteiger charge is -2.18. The van der Waals surface area contributed by atoms with Crippen LogP contribution in [0.4, 0.5) is 0 Å². The molecular formula is C15H17BrN2O. The number of carbonyl (C=O) groups excluding carboxylic acids is 1. The van der Waals surface area contributed by atoms with Crippen molar-refractivity contribution in [2.24, 2.45) is 0 Å². The maximum absolute atomic E-state index is 12.4. The Bertz CT molecular complexity index is 563. The van der Waals surface area contributed by atoms with E-state index in [1.807, 2.05) is 61.1 Å². The van der Waals surface area contributed by atoms with Gasteiger partial charge in [0.25, 0.3) is 5.91 Å². The second-order valence-electron chi connectivity index (χ2n) is 4.48. The van der Waals surface area contributed by atoms with Crippen molar-refractivity contribution in [3.63, 3.8) is 0 Å². The van der Waals surface area contributed by atoms with Crippen LogP contribution in [0.25, 0.3) is 0 Å². The smallest absolute Gasteiger partial charge is 0.270 e. The van der Waals surface area contributed by atoms with Crippen molar-refractivity contribution in [3.8, 4) is 0 Å². The number of halogens is 1. The third-order valence-electron chi connectivity index (χ3n) is 3.03. The molecule has 19 heavy (non-hydrogen) atoms. The predicted octanol–water partition coefficient (Wildman–Crippen LogP) is 3.54. The van der Waals surface area contributed by atoms with Gasteiger partial charge in [-0.25, -0.2) is 0 Å². The summed E-state index contributed by atoms with van der Waals surface area (Å²) in [6.07, 6.45) is 1.93. The maximum atomic E-state index is 12.4. The molecule has 0 saturated heterocycles. The third kappa shape index (κ3) is 3.26. The molecule has 0 unspecified atom stereocenters. The van der Waals surface area contributed by atoms with Gasteiger partial charge in [-0.3, -0.25) is 4.79 Å². The zero-order valence-corrected chi connectivity index (χ0v) is 12.7. The highest BCUT2D eigenvalue weighted by atomic mass is 79.9. The number of hydrogen-bond acceptors (Lipinski definition) is 1. The molecule has 3 nitrogen and oxygen atoms in total. The van der Waals surface area contributed by atoms with Crippen LogP contribution in [-0.2, 0) is 13.1 Å². The van der Waals surface area contributed by atoms with E-state index in [-0.39, 0.29) is 5.91 Å². The SMILES string of the molecule is CCn1cc(Br)cc1C(=O)N(C)Cc1ccccc1. The number of amides is 1. The number of rotatable bonds is 4. The standard InChI is InChI=1S/C15H17BrN2O/c1-3-18-11-13(16)9-14(18)15(19)17(2)10-12-7-5-4-6-8-12/h4-9,11H,3,10H2,1-2H3. The molecule has 0 aliphatic carbocycles. The highest BCUT2D eigenvalue weighted by Gasteiger charge is 2.16. The molecule has 0 atom stereocenters. The van der Waals surface area contributed by atoms with Crippen molar-refractivity contribution < 1.29 is 4.79 Å². The Morgan fingerprint density at radius 2 is 2.00 bits per heavy atom. The van der Waals surface area contributed by atoms with Gasteiger partial charge < -0.3 is 9.47 Å². The van der Waals surface area contributed by atoms with Gasteiger partial charge in [-0.15, -0.1) is 0 Å². The van der Waals surface area contributed by atoms with E-state index in [2.05, 4.69) is 15.9 Å². The highest BCUT2D eigenvalue weighted by Crippen LogP contribution is 2.17. The highest BCUT2D eigenvalue weighted by molar-refractivity contribution is 9.10. The summed E-state index contributed by atoms with van der Waals surface area (Å²) in [5, 5.41) is 0. The molecule has 1 amide bonds. The van der Waals surface area contributed by atoms with Gasteiger partial charge in [0.05, 0.1) is 0 Å². The first-order valence-corrected chi connectivity index (χ1v) is 7.06. The van der Waals surface area contributed by atoms with Gasteiger partial charge in [0.2, 0.25) is 0 Å². The Morgan fingerprint density at radius 1 is 1.32 bits per heavy atom. The van der Waals surface area contributed by atoms with Crippen LogP contribution in [0.2, 0.25) is 0 Å². The Kier molecular flexibility index (Phi) is 4.43. The van der Waals surface area contributed by atoms with E-state index in [1.54, 1.807) is 4.90 Å². The monoisotopic (exact) mass is 320 g/mol. The van der Waals surface area contributed by atoms with Crippen molar-refractivity contribution in [2.45, 2.75) is 20.0 Å². The van der Waals surface area contributed by atoms with Crippen molar-refractivity contribution in [2.75, 3.05) is 7.05 Å². The van der Waals surface area contributed by atoms with Crippen LogP contribution in [0, 0.1) is 0 Å². The quantitative estimate of drug-likeness (QED) is 0.845. The second-order valence-corrected chi connectivity index (χ2v) is 5.39. The molecule has 0 saturated carbocycles. The first-order valence-electron chi connectivity index (χ1n) is 6.27. The van der Waals surface area contributed by atoms with Crippen molar-refractivity contribution in [3.05, 3.63) is 58.3 Å². The van der Waals surface area contributed by atoms with Crippen LogP contribution in [-0.4, -0.2) is 22.4 Å². The molecule has 0 bridgehead atoms. The van der Waals surface area contributed by atoms with Gasteiger partial charge >= 0.3 is 0 Å². The summed E-state index contributed by atoms with van der Waals surface area (Å²) in [7, 11) is 1.83. The summed E-state index contributed by atoms with van der Waals surface area (Å²) in [5.41, 5.74) is 1.85. The number of carbonyl (C=O) groups is 1. The van der Waals surface area contributed by atoms with Crippen molar-refractivity contribution in [1.82, 2.24) is 9.47 Å². The minimum Gasteiger partial charge on any atom is -0.343 e. The molecule has 0 aliphatic rings. The lowest BCUT2D eigenvalue weighted by Crippen LogP contribution is -2.28. The van der Waals surface area contributed by atoms with Gasteiger partial charge in [0, 0.05) is 30.8 Å². The molecule has 1 aromatic carbocycles. The lowest BCUT2D eigenvalue weighted by atomic mass is 10.2. The first-order chi connectivity index (χ1) is 9.11. The summed E-state index contributed by atoms with van der Waals surface area (Å²) in [6, 6.07) is 11.9. The van der Waals surface area contributed by atoms with Crippen LogP contribution >= 0.6 is 15.9 Å². The van der Waals surface area contributed by atoms with E-state index >= 15 is 0 Å². The summed E-state index contributed by atoms with van der Waals surface area (Å²) < 4.78 is 2.89. The predicted molar refractivity (Wildman–Crippen MR) is 80.0 cm³/mol. The average Bonchev–Trinajstić information content (AvgIpc) is 2.80. The molecular weight excluding hydrogens is 304 g/mol. The molecule has 100 valence electrons. The average molecular weight is 321 g/mol. The molecule has 4 heteroatoms. The van der Waals surface area contributed by atoms with E-state index in [0.717, 1.165) is 16.6 Å². The fourth-order valence-corrected chi connectivity index (χ4v) is 2.50. The molecule has 1 aromatic heterocycles. The van der Waals surface area contributed by atoms with E-state index in [4.69, 9.17) is 0 Å². The van der Waals surface area contributed by atoms with Crippen LogP contribution < -0.4 is 0 Å². The van der Waals surface area contributed by atoms with Gasteiger partial charge in [-0.1, -0.05) is 30.3 Å². The molecule has 0 spiro atoms. The Balaban J connectivity index is 2.15. The van der Waals surface area contributed by atoms with Crippen molar-refractivity contribution in [1.29, 1.82) is 0 Å². The lowest BCUT2D eigenvalue weighted by molar-refractivity contribution is 0.0774. The molecule has 1 heterocycles. The van der Waals surface area contributed by atoms with E-state index < -0.39 is 0 Å². The minimum atomic E-state index is 0.0383. The summed E-state index contributed by atoms with van der Waals surface area (Å²) in [4.78, 5) is 14.2. The van der Waals surface area contributed by atoms with E-state index in [9.17, 15) is 4.79 Å². The fourth-order valence-electron chi connectivity index (χ4n) is 2.04. The summed E-state index contributed by atoms with van der Waals surface area (Å²) in [5.74, 6) is 0.0383. The van der Waals surface area contributed by atoms with Crippen LogP contribution in [0.5, 0.6) is 0 Å². The number of benzene rings is 1. The van der Waals surface area contributed by atoms with Crippen LogP contribution in [0.3, 0.4) is 0 Å². The number of aromatic nitrogens is 1. The molecule has 0 aliphatic heterocycles. The number of aryl methyl sites for hydroxylation is 1. The summed E-state index contributed by atoms with van der Waals surface area (Å²) >= 11 is 3.42. The van der Waals surface area contributed by atoms with Crippen LogP contribution in [0.1, 0.15) is 23.0 Å². The zero-order chi connectivity index (χ0) is 13.8. The molecule has 2 rings (SSSR count). The number of hydrogen-bond donors (Lipinski definition) is 0. The largest absolute Gasteiger partial charge is 0.343 e. The molecule has 2 aromatic rings. The minimum absolute atomic E-state index is 0.0383. The van der Waals surface area contributed by atoms with Gasteiger partial charge in [-0.2, -0.15) is 0 Å². The van der Waals surface area contributed by atoms with Crippen LogP contribution in [0.15, 0.2) is 47.1 Å². The topological polar surface area (TPSA) is 25.2 Å². The van der Waals surface area contributed by atoms with E-state index in [1.165, 1.54) is 0 Å². The Hall–Kier alpha value is -1.55. The Labute approximate surface area is 122 Å². The van der Waals surface area contributed by atoms with Gasteiger partial charge in [0.1, 0.15) is 5.69 Å². The molecule has 0 radical (unpaired) electrons. The van der Waals surface area contributed by atoms with Gasteiger partial charge in [-0.05, 0) is 34.5 Å². The summed E-state index contributed by atoms with van der Waals surface area (Å²) in [6.45, 7) is 3.43. The third-order valence-corrected chi connectivity index (χ3v) is 3.47. The first kappa shape index (κ1) is 13.9. The second kappa shape index (κ2) is 6.06. The Morgan fingerprint density at radius 3 is 2.63 bits per heavy atom. The van der Waals surface area contributed by atoms with Crippen molar-refractivity contribution >= 4 is 21.8 Å². The zero-order valence-electron chi connectivity index (χ0n) is 11.1. The fraction of sp³-hybridized carbons (Fsp3) is 0.267. The van der Waals surface area contributed by atoms with E-state index in [0.29, 0.717) is 12.2 Å². The number of nitrogens with zero attached hydrogens (tertiary/aromatic N) is 2. The molecule has 0 N–H and O–H groups in total. The molecule has 0 fully saturated rings.